The van der Waals surface area contributed by atoms with Crippen LogP contribution in [0.4, 0.5) is 0 Å². The molecule has 1 aromatic heterocycles. The highest BCUT2D eigenvalue weighted by molar-refractivity contribution is 7.90. The van der Waals surface area contributed by atoms with Crippen molar-refractivity contribution in [1.29, 1.82) is 0 Å². The first-order chi connectivity index (χ1) is 18.8. The molecule has 1 saturated heterocycles. The number of allylic oxidation sites excluding steroid dienone is 1. The van der Waals surface area contributed by atoms with Gasteiger partial charge in [-0.15, -0.1) is 0 Å². The number of ether oxygens (including phenoxy) is 1. The summed E-state index contributed by atoms with van der Waals surface area (Å²) in [5, 5.41) is 14.6. The van der Waals surface area contributed by atoms with Gasteiger partial charge in [0.25, 0.3) is 10.0 Å². The van der Waals surface area contributed by atoms with E-state index < -0.39 is 10.0 Å². The average molecular weight is 584 g/mol. The molecule has 2 N–H and O–H groups in total. The molecule has 1 fully saturated rings. The zero-order valence-corrected chi connectivity index (χ0v) is 22.9. The Bertz CT molecular complexity index is 1780. The molecule has 0 atom stereocenters. The molecule has 0 bridgehead atoms. The predicted octanol–water partition coefficient (Wildman–Crippen LogP) is 4.91. The number of nitrogens with one attached hydrogen (secondary N) is 1. The third-order valence-corrected chi connectivity index (χ3v) is 9.60. The lowest BCUT2D eigenvalue weighted by atomic mass is 10.0. The first kappa shape index (κ1) is 25.9. The van der Waals surface area contributed by atoms with Gasteiger partial charge in [-0.25, -0.2) is 12.4 Å². The molecule has 4 aromatic rings. The Morgan fingerprint density at radius 2 is 1.79 bits per heavy atom. The maximum Gasteiger partial charge on any atom is 0.269 e. The lowest BCUT2D eigenvalue weighted by molar-refractivity contribution is 0.101. The summed E-state index contributed by atoms with van der Waals surface area (Å²) in [6.45, 7) is 3.74. The molecule has 0 saturated carbocycles. The van der Waals surface area contributed by atoms with E-state index in [-0.39, 0.29) is 32.2 Å². The van der Waals surface area contributed by atoms with Gasteiger partial charge in [-0.05, 0) is 36.4 Å². The molecule has 0 radical (unpaired) electrons. The van der Waals surface area contributed by atoms with Gasteiger partial charge in [0.2, 0.25) is 5.78 Å². The number of rotatable bonds is 5. The molecule has 200 valence electrons. The van der Waals surface area contributed by atoms with Gasteiger partial charge in [0.15, 0.2) is 5.76 Å². The maximum atomic E-state index is 13.6. The predicted molar refractivity (Wildman–Crippen MR) is 150 cm³/mol. The van der Waals surface area contributed by atoms with E-state index in [0.29, 0.717) is 39.9 Å². The molecule has 0 aliphatic carbocycles. The SMILES string of the molecule is O=C1/C(=C/c2cn(S(=O)(=O)c3cccc(Cl)c3Cl)c3ccccc23)Oc2c1ccc(O)c2CN1CCNCC1. The van der Waals surface area contributed by atoms with Crippen molar-refractivity contribution in [2.45, 2.75) is 11.4 Å². The zero-order chi connectivity index (χ0) is 27.3. The van der Waals surface area contributed by atoms with Crippen LogP contribution in [0, 0.1) is 0 Å². The number of Topliss-reactive ketones (excluding diaryl/α,β-unsaturated/α-hetero) is 1. The third kappa shape index (κ3) is 4.50. The second kappa shape index (κ2) is 10.0. The van der Waals surface area contributed by atoms with Gasteiger partial charge in [-0.3, -0.25) is 9.69 Å². The number of hydrogen-bond acceptors (Lipinski definition) is 7. The van der Waals surface area contributed by atoms with Crippen molar-refractivity contribution in [3.8, 4) is 11.5 Å². The lowest BCUT2D eigenvalue weighted by Gasteiger charge is -2.27. The van der Waals surface area contributed by atoms with Gasteiger partial charge >= 0.3 is 0 Å². The molecule has 8 nitrogen and oxygen atoms in total. The number of hydrogen-bond donors (Lipinski definition) is 2. The average Bonchev–Trinajstić information content (AvgIpc) is 3.46. The van der Waals surface area contributed by atoms with Crippen molar-refractivity contribution in [3.05, 3.63) is 93.3 Å². The highest BCUT2D eigenvalue weighted by Crippen LogP contribution is 2.41. The summed E-state index contributed by atoms with van der Waals surface area (Å²) >= 11 is 12.4. The van der Waals surface area contributed by atoms with Crippen LogP contribution in [0.1, 0.15) is 21.5 Å². The van der Waals surface area contributed by atoms with E-state index in [1.165, 1.54) is 36.5 Å². The molecule has 3 aromatic carbocycles. The van der Waals surface area contributed by atoms with Crippen LogP contribution in [-0.2, 0) is 16.6 Å². The number of benzene rings is 3. The number of nitrogens with zero attached hydrogens (tertiary/aromatic N) is 2. The fourth-order valence-corrected chi connectivity index (χ4v) is 7.08. The van der Waals surface area contributed by atoms with Gasteiger partial charge in [-0.2, -0.15) is 0 Å². The number of carbonyl (C=O) groups excluding carboxylic acids is 1. The second-order valence-corrected chi connectivity index (χ2v) is 11.9. The Balaban J connectivity index is 1.42. The Morgan fingerprint density at radius 1 is 1.03 bits per heavy atom. The van der Waals surface area contributed by atoms with Crippen molar-refractivity contribution in [2.75, 3.05) is 26.2 Å². The zero-order valence-electron chi connectivity index (χ0n) is 20.5. The van der Waals surface area contributed by atoms with Crippen LogP contribution in [0.3, 0.4) is 0 Å². The summed E-state index contributed by atoms with van der Waals surface area (Å²) in [4.78, 5) is 15.4. The minimum atomic E-state index is -4.13. The first-order valence-electron chi connectivity index (χ1n) is 12.3. The van der Waals surface area contributed by atoms with Crippen LogP contribution in [0.25, 0.3) is 17.0 Å². The monoisotopic (exact) mass is 583 g/mol. The van der Waals surface area contributed by atoms with Gasteiger partial charge < -0.3 is 15.2 Å². The topological polar surface area (TPSA) is 101 Å². The van der Waals surface area contributed by atoms with Crippen LogP contribution in [0.2, 0.25) is 10.0 Å². The highest BCUT2D eigenvalue weighted by Gasteiger charge is 2.33. The minimum Gasteiger partial charge on any atom is -0.507 e. The standard InChI is InChI=1S/C28H23Cl2N3O5S/c29-21-5-3-7-25(26(21)30)39(36,37)33-15-17(18-4-1-2-6-22(18)33)14-24-27(35)19-8-9-23(34)20(28(19)38-24)16-32-12-10-31-11-13-32/h1-9,14-15,31,34H,10-13,16H2/b24-14-. The largest absolute Gasteiger partial charge is 0.507 e. The first-order valence-corrected chi connectivity index (χ1v) is 14.5. The quantitative estimate of drug-likeness (QED) is 0.322. The van der Waals surface area contributed by atoms with Crippen molar-refractivity contribution >= 4 is 56.0 Å². The molecule has 2 aliphatic rings. The molecule has 39 heavy (non-hydrogen) atoms. The summed E-state index contributed by atoms with van der Waals surface area (Å²) in [5.41, 5.74) is 1.77. The van der Waals surface area contributed by atoms with Gasteiger partial charge in [0, 0.05) is 49.9 Å². The molecule has 3 heterocycles. The molecule has 0 spiro atoms. The molecular weight excluding hydrogens is 561 g/mol. The second-order valence-electron chi connectivity index (χ2n) is 9.36. The van der Waals surface area contributed by atoms with E-state index in [0.717, 1.165) is 30.2 Å². The number of para-hydroxylation sites is 1. The fourth-order valence-electron chi connectivity index (χ4n) is 4.96. The number of piperazine rings is 1. The normalized spacial score (nSPS) is 17.1. The number of aromatic hydroxyl groups is 1. The smallest absolute Gasteiger partial charge is 0.269 e. The Morgan fingerprint density at radius 3 is 2.59 bits per heavy atom. The number of phenols is 1. The van der Waals surface area contributed by atoms with E-state index in [1.807, 2.05) is 0 Å². The fraction of sp³-hybridized carbons (Fsp3) is 0.179. The van der Waals surface area contributed by atoms with Gasteiger partial charge in [-0.1, -0.05) is 47.5 Å². The molecule has 0 amide bonds. The van der Waals surface area contributed by atoms with Crippen LogP contribution in [0.5, 0.6) is 11.5 Å². The summed E-state index contributed by atoms with van der Waals surface area (Å²) in [6.07, 6.45) is 2.96. The van der Waals surface area contributed by atoms with Crippen molar-refractivity contribution in [1.82, 2.24) is 14.2 Å². The van der Waals surface area contributed by atoms with Crippen LogP contribution in [-0.4, -0.2) is 54.4 Å². The number of aromatic nitrogens is 1. The molecule has 11 heteroatoms. The van der Waals surface area contributed by atoms with Gasteiger partial charge in [0.05, 0.1) is 26.7 Å². The summed E-state index contributed by atoms with van der Waals surface area (Å²) in [6, 6.07) is 14.4. The van der Waals surface area contributed by atoms with E-state index in [1.54, 1.807) is 30.3 Å². The number of fused-ring (bicyclic) bond motifs is 2. The van der Waals surface area contributed by atoms with Crippen LogP contribution in [0.15, 0.2) is 71.4 Å². The van der Waals surface area contributed by atoms with E-state index in [4.69, 9.17) is 27.9 Å². The number of halogens is 2. The molecule has 2 aliphatic heterocycles. The number of carbonyl (C=O) groups is 1. The number of ketones is 1. The van der Waals surface area contributed by atoms with Crippen molar-refractivity contribution < 1.29 is 23.1 Å². The van der Waals surface area contributed by atoms with Crippen molar-refractivity contribution in [3.63, 3.8) is 0 Å². The lowest BCUT2D eigenvalue weighted by Crippen LogP contribution is -2.42. The highest BCUT2D eigenvalue weighted by atomic mass is 35.5. The Kier molecular flexibility index (Phi) is 6.65. The number of phenolic OH excluding ortho intramolecular Hbond substituents is 1. The summed E-state index contributed by atoms with van der Waals surface area (Å²) < 4.78 is 34.5. The maximum absolute atomic E-state index is 13.6. The van der Waals surface area contributed by atoms with E-state index >= 15 is 0 Å². The molecular formula is C28H23Cl2N3O5S. The summed E-state index contributed by atoms with van der Waals surface area (Å²) in [7, 11) is -4.13. The Labute approximate surface area is 235 Å². The molecule has 0 unspecified atom stereocenters. The van der Waals surface area contributed by atoms with Crippen molar-refractivity contribution in [2.24, 2.45) is 0 Å². The summed E-state index contributed by atoms with van der Waals surface area (Å²) in [5.74, 6) is 0.0802. The van der Waals surface area contributed by atoms with E-state index in [9.17, 15) is 18.3 Å². The van der Waals surface area contributed by atoms with Crippen LogP contribution >= 0.6 is 23.2 Å². The third-order valence-electron chi connectivity index (χ3n) is 6.96. The minimum absolute atomic E-state index is 0.0400. The molecule has 6 rings (SSSR count). The van der Waals surface area contributed by atoms with Crippen LogP contribution < -0.4 is 10.1 Å². The van der Waals surface area contributed by atoms with E-state index in [2.05, 4.69) is 10.2 Å². The Hall–Kier alpha value is -3.34. The van der Waals surface area contributed by atoms with Gasteiger partial charge in [0.1, 0.15) is 16.4 Å².